The lowest BCUT2D eigenvalue weighted by molar-refractivity contribution is 0.0909. The summed E-state index contributed by atoms with van der Waals surface area (Å²) in [6.07, 6.45) is 5.43. The van der Waals surface area contributed by atoms with Crippen LogP contribution in [0.15, 0.2) is 37.1 Å². The Morgan fingerprint density at radius 2 is 2.20 bits per heavy atom. The van der Waals surface area contributed by atoms with Crippen LogP contribution in [0, 0.1) is 0 Å². The van der Waals surface area contributed by atoms with Crippen molar-refractivity contribution in [2.24, 2.45) is 0 Å². The highest BCUT2D eigenvalue weighted by Gasteiger charge is 2.28. The van der Waals surface area contributed by atoms with Crippen LogP contribution >= 0.6 is 0 Å². The minimum atomic E-state index is -0.554. The maximum absolute atomic E-state index is 13.1. The van der Waals surface area contributed by atoms with Gasteiger partial charge in [0, 0.05) is 36.7 Å². The van der Waals surface area contributed by atoms with Crippen molar-refractivity contribution in [3.8, 4) is 6.01 Å². The normalized spacial score (nSPS) is 17.1. The number of carbonyl (C=O) groups excluding carboxylic acids is 1. The topological polar surface area (TPSA) is 129 Å². The SMILES string of the molecule is C=CC(C)(CC)NC(=O)c1cc(N2CCC(c3n[nH]c4ncccc34)CC2)nc(O[C@H](C)CO)n1. The van der Waals surface area contributed by atoms with Crippen molar-refractivity contribution >= 4 is 22.8 Å². The first-order valence-corrected chi connectivity index (χ1v) is 12.0. The summed E-state index contributed by atoms with van der Waals surface area (Å²) in [5.74, 6) is 0.593. The molecule has 4 heterocycles. The highest BCUT2D eigenvalue weighted by atomic mass is 16.5. The van der Waals surface area contributed by atoms with Gasteiger partial charge < -0.3 is 20.1 Å². The molecule has 0 bridgehead atoms. The van der Waals surface area contributed by atoms with Gasteiger partial charge in [0.2, 0.25) is 0 Å². The number of fused-ring (bicyclic) bond motifs is 1. The van der Waals surface area contributed by atoms with Crippen LogP contribution in [-0.4, -0.2) is 67.5 Å². The monoisotopic (exact) mass is 479 g/mol. The number of hydrogen-bond acceptors (Lipinski definition) is 8. The Kier molecular flexibility index (Phi) is 7.30. The van der Waals surface area contributed by atoms with Gasteiger partial charge in [0.15, 0.2) is 5.65 Å². The Bertz CT molecular complexity index is 1190. The molecule has 0 spiro atoms. The van der Waals surface area contributed by atoms with E-state index in [1.165, 1.54) is 0 Å². The van der Waals surface area contributed by atoms with Crippen molar-refractivity contribution in [2.75, 3.05) is 24.6 Å². The zero-order chi connectivity index (χ0) is 25.0. The molecule has 1 unspecified atom stereocenters. The fourth-order valence-corrected chi connectivity index (χ4v) is 4.14. The first-order chi connectivity index (χ1) is 16.9. The Balaban J connectivity index is 1.55. The summed E-state index contributed by atoms with van der Waals surface area (Å²) in [5, 5.41) is 21.0. The average Bonchev–Trinajstić information content (AvgIpc) is 3.32. The minimum Gasteiger partial charge on any atom is -0.458 e. The van der Waals surface area contributed by atoms with Crippen molar-refractivity contribution in [1.82, 2.24) is 30.5 Å². The van der Waals surface area contributed by atoms with Crippen LogP contribution in [0.3, 0.4) is 0 Å². The minimum absolute atomic E-state index is 0.0671. The summed E-state index contributed by atoms with van der Waals surface area (Å²) >= 11 is 0. The lowest BCUT2D eigenvalue weighted by Gasteiger charge is -2.32. The second-order valence-corrected chi connectivity index (χ2v) is 9.20. The zero-order valence-corrected chi connectivity index (χ0v) is 20.5. The molecule has 1 saturated heterocycles. The van der Waals surface area contributed by atoms with Crippen LogP contribution in [0.2, 0.25) is 0 Å². The van der Waals surface area contributed by atoms with E-state index in [-0.39, 0.29) is 24.2 Å². The van der Waals surface area contributed by atoms with Crippen molar-refractivity contribution in [3.63, 3.8) is 0 Å². The third kappa shape index (κ3) is 5.43. The highest BCUT2D eigenvalue weighted by molar-refractivity contribution is 5.93. The average molecular weight is 480 g/mol. The first kappa shape index (κ1) is 24.6. The first-order valence-electron chi connectivity index (χ1n) is 12.0. The zero-order valence-electron chi connectivity index (χ0n) is 20.5. The molecule has 1 amide bonds. The van der Waals surface area contributed by atoms with E-state index in [1.54, 1.807) is 25.3 Å². The van der Waals surface area contributed by atoms with Gasteiger partial charge in [-0.05, 0) is 45.2 Å². The number of carbonyl (C=O) groups is 1. The number of hydrogen-bond donors (Lipinski definition) is 3. The van der Waals surface area contributed by atoms with Gasteiger partial charge >= 0.3 is 6.01 Å². The smallest absolute Gasteiger partial charge is 0.319 e. The molecule has 1 aliphatic heterocycles. The Morgan fingerprint density at radius 3 is 2.89 bits per heavy atom. The van der Waals surface area contributed by atoms with Gasteiger partial charge in [-0.15, -0.1) is 6.58 Å². The van der Waals surface area contributed by atoms with Crippen molar-refractivity contribution in [2.45, 2.75) is 57.6 Å². The van der Waals surface area contributed by atoms with E-state index in [4.69, 9.17) is 4.74 Å². The number of amides is 1. The quantitative estimate of drug-likeness (QED) is 0.400. The van der Waals surface area contributed by atoms with Crippen LogP contribution in [0.4, 0.5) is 5.82 Å². The van der Waals surface area contributed by atoms with Gasteiger partial charge in [-0.25, -0.2) is 4.98 Å². The van der Waals surface area contributed by atoms with Crippen molar-refractivity contribution in [1.29, 1.82) is 0 Å². The van der Waals surface area contributed by atoms with Gasteiger partial charge in [-0.1, -0.05) is 13.0 Å². The maximum Gasteiger partial charge on any atom is 0.319 e. The van der Waals surface area contributed by atoms with E-state index in [2.05, 4.69) is 41.9 Å². The summed E-state index contributed by atoms with van der Waals surface area (Å²) in [6, 6.07) is 5.73. The van der Waals surface area contributed by atoms with E-state index in [9.17, 15) is 9.90 Å². The Labute approximate surface area is 204 Å². The Morgan fingerprint density at radius 1 is 1.43 bits per heavy atom. The molecule has 35 heavy (non-hydrogen) atoms. The molecule has 3 N–H and O–H groups in total. The number of pyridine rings is 1. The van der Waals surface area contributed by atoms with Crippen LogP contribution in [0.5, 0.6) is 6.01 Å². The third-order valence-electron chi connectivity index (χ3n) is 6.64. The third-order valence-corrected chi connectivity index (χ3v) is 6.64. The molecule has 4 rings (SSSR count). The van der Waals surface area contributed by atoms with Crippen LogP contribution < -0.4 is 15.0 Å². The molecule has 2 atom stereocenters. The number of ether oxygens (including phenoxy) is 1. The largest absolute Gasteiger partial charge is 0.458 e. The number of aromatic amines is 1. The van der Waals surface area contributed by atoms with Crippen LogP contribution in [-0.2, 0) is 0 Å². The van der Waals surface area contributed by atoms with Gasteiger partial charge in [0.25, 0.3) is 5.91 Å². The predicted octanol–water partition coefficient (Wildman–Crippen LogP) is 2.98. The van der Waals surface area contributed by atoms with Crippen molar-refractivity contribution in [3.05, 3.63) is 48.4 Å². The van der Waals surface area contributed by atoms with Crippen molar-refractivity contribution < 1.29 is 14.6 Å². The lowest BCUT2D eigenvalue weighted by atomic mass is 9.92. The number of aliphatic hydroxyl groups excluding tert-OH is 1. The molecule has 1 fully saturated rings. The summed E-state index contributed by atoms with van der Waals surface area (Å²) in [7, 11) is 0. The van der Waals surface area contributed by atoms with E-state index in [1.807, 2.05) is 26.0 Å². The van der Waals surface area contributed by atoms with Gasteiger partial charge in [-0.3, -0.25) is 9.89 Å². The standard InChI is InChI=1S/C25H33N7O3/c1-5-25(4,6-2)29-23(34)19-14-20(28-24(27-19)35-16(3)15-33)32-12-9-17(10-13-32)21-18-8-7-11-26-22(18)31-30-21/h5,7-8,11,14,16-17,33H,1,6,9-10,12-13,15H2,2-4H3,(H,29,34)(H,26,30,31)/t16-,25?/m1/s1. The van der Waals surface area contributed by atoms with Gasteiger partial charge in [-0.2, -0.15) is 15.1 Å². The maximum atomic E-state index is 13.1. The molecule has 0 radical (unpaired) electrons. The summed E-state index contributed by atoms with van der Waals surface area (Å²) < 4.78 is 5.68. The lowest BCUT2D eigenvalue weighted by Crippen LogP contribution is -2.44. The van der Waals surface area contributed by atoms with Gasteiger partial charge in [0.1, 0.15) is 17.6 Å². The molecule has 186 valence electrons. The van der Waals surface area contributed by atoms with E-state index in [0.717, 1.165) is 42.7 Å². The number of aliphatic hydroxyl groups is 1. The molecule has 0 aliphatic carbocycles. The molecule has 1 aliphatic rings. The number of anilines is 1. The second kappa shape index (κ2) is 10.4. The summed E-state index contributed by atoms with van der Waals surface area (Å²) in [4.78, 5) is 28.4. The molecule has 3 aromatic rings. The fraction of sp³-hybridized carbons (Fsp3) is 0.480. The number of rotatable bonds is 9. The fourth-order valence-electron chi connectivity index (χ4n) is 4.14. The molecular weight excluding hydrogens is 446 g/mol. The van der Waals surface area contributed by atoms with E-state index < -0.39 is 11.6 Å². The molecule has 0 aromatic carbocycles. The Hall–Kier alpha value is -3.53. The van der Waals surface area contributed by atoms with Crippen LogP contribution in [0.25, 0.3) is 11.0 Å². The number of nitrogens with one attached hydrogen (secondary N) is 2. The summed E-state index contributed by atoms with van der Waals surface area (Å²) in [5.41, 5.74) is 1.50. The van der Waals surface area contributed by atoms with E-state index in [0.29, 0.717) is 18.2 Å². The molecule has 10 heteroatoms. The number of piperidine rings is 1. The van der Waals surface area contributed by atoms with Crippen LogP contribution in [0.1, 0.15) is 62.1 Å². The number of aromatic nitrogens is 5. The molecule has 10 nitrogen and oxygen atoms in total. The molecule has 0 saturated carbocycles. The second-order valence-electron chi connectivity index (χ2n) is 9.20. The van der Waals surface area contributed by atoms with E-state index >= 15 is 0 Å². The van der Waals surface area contributed by atoms with Gasteiger partial charge in [0.05, 0.1) is 17.8 Å². The molecule has 3 aromatic heterocycles. The number of nitrogens with zero attached hydrogens (tertiary/aromatic N) is 5. The highest BCUT2D eigenvalue weighted by Crippen LogP contribution is 2.32. The molecular formula is C25H33N7O3. The number of H-pyrrole nitrogens is 1. The predicted molar refractivity (Wildman–Crippen MR) is 134 cm³/mol. The summed E-state index contributed by atoms with van der Waals surface area (Å²) in [6.45, 7) is 10.7.